The lowest BCUT2D eigenvalue weighted by molar-refractivity contribution is -0.117. The Morgan fingerprint density at radius 2 is 1.77 bits per heavy atom. The summed E-state index contributed by atoms with van der Waals surface area (Å²) >= 11 is 0. The maximum Gasteiger partial charge on any atom is 0.244 e. The first-order valence-electron chi connectivity index (χ1n) is 8.10. The fourth-order valence-corrected chi connectivity index (χ4v) is 2.67. The van der Waals surface area contributed by atoms with Gasteiger partial charge in [-0.25, -0.2) is 8.78 Å². The molecule has 26 heavy (non-hydrogen) atoms. The SMILES string of the molecule is O=C(/C=C/c1ccc(F)c(F)c1)NC(CO)c1ccc2ccccc2c1. The molecule has 132 valence electrons. The first-order chi connectivity index (χ1) is 12.6. The second-order valence-corrected chi connectivity index (χ2v) is 5.86. The van der Waals surface area contributed by atoms with Crippen LogP contribution in [0.1, 0.15) is 17.2 Å². The van der Waals surface area contributed by atoms with Crippen molar-refractivity contribution in [3.63, 3.8) is 0 Å². The Labute approximate surface area is 149 Å². The van der Waals surface area contributed by atoms with E-state index in [-0.39, 0.29) is 6.61 Å². The lowest BCUT2D eigenvalue weighted by Gasteiger charge is -2.16. The second-order valence-electron chi connectivity index (χ2n) is 5.86. The third-order valence-electron chi connectivity index (χ3n) is 4.05. The summed E-state index contributed by atoms with van der Waals surface area (Å²) < 4.78 is 26.1. The molecule has 0 bridgehead atoms. The summed E-state index contributed by atoms with van der Waals surface area (Å²) in [6, 6.07) is 16.3. The zero-order valence-electron chi connectivity index (χ0n) is 13.8. The van der Waals surface area contributed by atoms with Crippen LogP contribution in [0.25, 0.3) is 16.8 Å². The zero-order valence-corrected chi connectivity index (χ0v) is 13.8. The molecule has 0 saturated carbocycles. The van der Waals surface area contributed by atoms with E-state index in [1.807, 2.05) is 42.5 Å². The molecule has 0 fully saturated rings. The average Bonchev–Trinajstić information content (AvgIpc) is 2.66. The molecular weight excluding hydrogens is 336 g/mol. The van der Waals surface area contributed by atoms with Crippen molar-refractivity contribution in [2.75, 3.05) is 6.61 Å². The molecule has 0 aliphatic carbocycles. The lowest BCUT2D eigenvalue weighted by atomic mass is 10.0. The van der Waals surface area contributed by atoms with Gasteiger partial charge in [-0.2, -0.15) is 0 Å². The number of hydrogen-bond acceptors (Lipinski definition) is 2. The standard InChI is InChI=1S/C21H17F2NO2/c22-18-9-5-14(11-19(18)23)6-10-21(26)24-20(13-25)17-8-7-15-3-1-2-4-16(15)12-17/h1-12,20,25H,13H2,(H,24,26)/b10-6+. The first kappa shape index (κ1) is 17.8. The molecule has 0 saturated heterocycles. The third-order valence-corrected chi connectivity index (χ3v) is 4.05. The van der Waals surface area contributed by atoms with Gasteiger partial charge in [0.1, 0.15) is 0 Å². The Hall–Kier alpha value is -3.05. The molecule has 3 aromatic carbocycles. The number of benzene rings is 3. The molecule has 0 heterocycles. The van der Waals surface area contributed by atoms with Crippen LogP contribution < -0.4 is 5.32 Å². The lowest BCUT2D eigenvalue weighted by Crippen LogP contribution is -2.29. The van der Waals surface area contributed by atoms with E-state index < -0.39 is 23.6 Å². The zero-order chi connectivity index (χ0) is 18.5. The van der Waals surface area contributed by atoms with Crippen LogP contribution in [0.4, 0.5) is 8.78 Å². The minimum atomic E-state index is -0.975. The van der Waals surface area contributed by atoms with Crippen LogP contribution in [0.3, 0.4) is 0 Å². The molecule has 0 spiro atoms. The van der Waals surface area contributed by atoms with Gasteiger partial charge in [0.15, 0.2) is 11.6 Å². The highest BCUT2D eigenvalue weighted by Crippen LogP contribution is 2.20. The molecule has 0 aliphatic heterocycles. The highest BCUT2D eigenvalue weighted by atomic mass is 19.2. The number of carbonyl (C=O) groups excluding carboxylic acids is 1. The maximum absolute atomic E-state index is 13.2. The Balaban J connectivity index is 1.72. The topological polar surface area (TPSA) is 49.3 Å². The quantitative estimate of drug-likeness (QED) is 0.682. The van der Waals surface area contributed by atoms with Crippen LogP contribution in [-0.2, 0) is 4.79 Å². The van der Waals surface area contributed by atoms with Gasteiger partial charge >= 0.3 is 0 Å². The second kappa shape index (κ2) is 7.89. The number of hydrogen-bond donors (Lipinski definition) is 2. The predicted octanol–water partition coefficient (Wildman–Crippen LogP) is 3.98. The van der Waals surface area contributed by atoms with E-state index in [0.717, 1.165) is 28.5 Å². The molecule has 3 nitrogen and oxygen atoms in total. The molecule has 0 aromatic heterocycles. The van der Waals surface area contributed by atoms with E-state index >= 15 is 0 Å². The fourth-order valence-electron chi connectivity index (χ4n) is 2.67. The summed E-state index contributed by atoms with van der Waals surface area (Å²) in [6.45, 7) is -0.261. The van der Waals surface area contributed by atoms with Gasteiger partial charge in [-0.3, -0.25) is 4.79 Å². The minimum Gasteiger partial charge on any atom is -0.394 e. The fraction of sp³-hybridized carbons (Fsp3) is 0.0952. The molecule has 0 radical (unpaired) electrons. The largest absolute Gasteiger partial charge is 0.394 e. The van der Waals surface area contributed by atoms with Gasteiger partial charge in [0.25, 0.3) is 0 Å². The van der Waals surface area contributed by atoms with Crippen LogP contribution in [-0.4, -0.2) is 17.6 Å². The molecule has 1 atom stereocenters. The van der Waals surface area contributed by atoms with Gasteiger partial charge in [-0.15, -0.1) is 0 Å². The summed E-state index contributed by atoms with van der Waals surface area (Å²) in [5.41, 5.74) is 1.14. The van der Waals surface area contributed by atoms with Crippen molar-refractivity contribution in [2.45, 2.75) is 6.04 Å². The number of rotatable bonds is 5. The van der Waals surface area contributed by atoms with E-state index in [2.05, 4.69) is 5.32 Å². The van der Waals surface area contributed by atoms with Crippen LogP contribution in [0, 0.1) is 11.6 Å². The highest BCUT2D eigenvalue weighted by Gasteiger charge is 2.12. The first-order valence-corrected chi connectivity index (χ1v) is 8.10. The van der Waals surface area contributed by atoms with Gasteiger partial charge < -0.3 is 10.4 Å². The van der Waals surface area contributed by atoms with E-state index in [0.29, 0.717) is 5.56 Å². The predicted molar refractivity (Wildman–Crippen MR) is 97.3 cm³/mol. The smallest absolute Gasteiger partial charge is 0.244 e. The van der Waals surface area contributed by atoms with Crippen molar-refractivity contribution in [1.82, 2.24) is 5.32 Å². The van der Waals surface area contributed by atoms with Gasteiger partial charge in [-0.1, -0.05) is 42.5 Å². The summed E-state index contributed by atoms with van der Waals surface area (Å²) in [5.74, 6) is -2.36. The molecule has 1 amide bonds. The Bertz CT molecular complexity index is 969. The van der Waals surface area contributed by atoms with Crippen molar-refractivity contribution < 1.29 is 18.7 Å². The molecular formula is C21H17F2NO2. The molecule has 0 aliphatic rings. The van der Waals surface area contributed by atoms with Gasteiger partial charge in [-0.05, 0) is 46.2 Å². The Morgan fingerprint density at radius 3 is 2.50 bits per heavy atom. The van der Waals surface area contributed by atoms with Crippen molar-refractivity contribution in [3.8, 4) is 0 Å². The Morgan fingerprint density at radius 1 is 1.00 bits per heavy atom. The molecule has 1 unspecified atom stereocenters. The van der Waals surface area contributed by atoms with Crippen molar-refractivity contribution >= 4 is 22.8 Å². The number of amides is 1. The van der Waals surface area contributed by atoms with E-state index in [9.17, 15) is 18.7 Å². The van der Waals surface area contributed by atoms with Crippen molar-refractivity contribution in [1.29, 1.82) is 0 Å². The van der Waals surface area contributed by atoms with Gasteiger partial charge in [0.2, 0.25) is 5.91 Å². The molecule has 5 heteroatoms. The number of aliphatic hydroxyl groups excluding tert-OH is 1. The normalized spacial score (nSPS) is 12.4. The summed E-state index contributed by atoms with van der Waals surface area (Å²) in [7, 11) is 0. The molecule has 3 rings (SSSR count). The average molecular weight is 353 g/mol. The molecule has 2 N–H and O–H groups in total. The monoisotopic (exact) mass is 353 g/mol. The van der Waals surface area contributed by atoms with Crippen molar-refractivity contribution in [3.05, 3.63) is 89.5 Å². The highest BCUT2D eigenvalue weighted by molar-refractivity contribution is 5.92. The number of aliphatic hydroxyl groups is 1. The number of halogens is 2. The summed E-state index contributed by atoms with van der Waals surface area (Å²) in [4.78, 5) is 12.1. The summed E-state index contributed by atoms with van der Waals surface area (Å²) in [5, 5.41) is 14.4. The number of carbonyl (C=O) groups is 1. The maximum atomic E-state index is 13.2. The van der Waals surface area contributed by atoms with E-state index in [4.69, 9.17) is 0 Å². The van der Waals surface area contributed by atoms with Crippen LogP contribution in [0.2, 0.25) is 0 Å². The number of nitrogens with one attached hydrogen (secondary N) is 1. The van der Waals surface area contributed by atoms with Crippen LogP contribution in [0.5, 0.6) is 0 Å². The third kappa shape index (κ3) is 4.13. The minimum absolute atomic E-state index is 0.261. The van der Waals surface area contributed by atoms with Gasteiger partial charge in [0, 0.05) is 6.08 Å². The van der Waals surface area contributed by atoms with Crippen LogP contribution >= 0.6 is 0 Å². The van der Waals surface area contributed by atoms with Gasteiger partial charge in [0.05, 0.1) is 12.6 Å². The van der Waals surface area contributed by atoms with Crippen molar-refractivity contribution in [2.24, 2.45) is 0 Å². The van der Waals surface area contributed by atoms with E-state index in [1.165, 1.54) is 18.2 Å². The number of fused-ring (bicyclic) bond motifs is 1. The Kier molecular flexibility index (Phi) is 5.39. The van der Waals surface area contributed by atoms with E-state index in [1.54, 1.807) is 0 Å². The summed E-state index contributed by atoms with van der Waals surface area (Å²) in [6.07, 6.45) is 2.60. The van der Waals surface area contributed by atoms with Crippen LogP contribution in [0.15, 0.2) is 66.7 Å². The molecule has 3 aromatic rings.